The number of rotatable bonds is 5. The molecule has 1 aromatic rings. The van der Waals surface area contributed by atoms with Crippen molar-refractivity contribution in [3.8, 4) is 0 Å². The summed E-state index contributed by atoms with van der Waals surface area (Å²) in [6.07, 6.45) is 11.6. The highest BCUT2D eigenvalue weighted by atomic mass is 16.2. The molecule has 2 heterocycles. The number of amides is 2. The standard InChI is InChI=1S/C23H33N3O2/c27-21-11-8-16-26(21)20-10-7-9-19(17-20)22(28)24-18-23(12-3-1-4-13-23)25-14-5-2-6-15-25/h7,9-10,17H,1-6,8,11-16,18H2,(H,24,28). The van der Waals surface area contributed by atoms with Crippen molar-refractivity contribution in [1.82, 2.24) is 10.2 Å². The van der Waals surface area contributed by atoms with Gasteiger partial charge < -0.3 is 10.2 Å². The molecule has 1 aliphatic carbocycles. The number of benzene rings is 1. The summed E-state index contributed by atoms with van der Waals surface area (Å²) in [5.74, 6) is 0.138. The van der Waals surface area contributed by atoms with Crippen LogP contribution in [0.4, 0.5) is 5.69 Å². The smallest absolute Gasteiger partial charge is 0.251 e. The van der Waals surface area contributed by atoms with E-state index in [9.17, 15) is 9.59 Å². The van der Waals surface area contributed by atoms with E-state index in [-0.39, 0.29) is 17.4 Å². The molecule has 2 amide bonds. The molecule has 1 aromatic carbocycles. The summed E-state index contributed by atoms with van der Waals surface area (Å²) >= 11 is 0. The quantitative estimate of drug-likeness (QED) is 0.843. The number of nitrogens with zero attached hydrogens (tertiary/aromatic N) is 2. The van der Waals surface area contributed by atoms with Crippen LogP contribution in [0.15, 0.2) is 24.3 Å². The SMILES string of the molecule is O=C(NCC1(N2CCCCC2)CCCCC1)c1cccc(N2CCCC2=O)c1. The monoisotopic (exact) mass is 383 g/mol. The van der Waals surface area contributed by atoms with Crippen LogP contribution >= 0.6 is 0 Å². The van der Waals surface area contributed by atoms with E-state index in [2.05, 4.69) is 10.2 Å². The number of hydrogen-bond acceptors (Lipinski definition) is 3. The van der Waals surface area contributed by atoms with Gasteiger partial charge in [0.2, 0.25) is 5.91 Å². The average Bonchev–Trinajstić information content (AvgIpc) is 3.19. The lowest BCUT2D eigenvalue weighted by atomic mass is 9.79. The van der Waals surface area contributed by atoms with Gasteiger partial charge in [-0.2, -0.15) is 0 Å². The van der Waals surface area contributed by atoms with E-state index in [0.717, 1.165) is 25.2 Å². The Morgan fingerprint density at radius 2 is 1.71 bits per heavy atom. The maximum absolute atomic E-state index is 12.9. The van der Waals surface area contributed by atoms with E-state index >= 15 is 0 Å². The number of anilines is 1. The van der Waals surface area contributed by atoms with E-state index in [1.165, 1.54) is 64.5 Å². The normalized spacial score (nSPS) is 23.0. The number of carbonyl (C=O) groups is 2. The third-order valence-corrected chi connectivity index (χ3v) is 6.88. The van der Waals surface area contributed by atoms with Gasteiger partial charge in [-0.05, 0) is 63.4 Å². The zero-order valence-corrected chi connectivity index (χ0v) is 16.9. The molecule has 1 saturated carbocycles. The lowest BCUT2D eigenvalue weighted by Gasteiger charge is -2.48. The molecule has 1 N–H and O–H groups in total. The van der Waals surface area contributed by atoms with E-state index < -0.39 is 0 Å². The molecule has 3 aliphatic rings. The van der Waals surface area contributed by atoms with Crippen molar-refractivity contribution in [3.05, 3.63) is 29.8 Å². The molecule has 5 heteroatoms. The lowest BCUT2D eigenvalue weighted by Crippen LogP contribution is -2.58. The minimum absolute atomic E-state index is 0.0181. The summed E-state index contributed by atoms with van der Waals surface area (Å²) < 4.78 is 0. The van der Waals surface area contributed by atoms with E-state index in [1.807, 2.05) is 24.3 Å². The first-order valence-electron chi connectivity index (χ1n) is 11.1. The highest BCUT2D eigenvalue weighted by Crippen LogP contribution is 2.35. The Kier molecular flexibility index (Phi) is 6.00. The summed E-state index contributed by atoms with van der Waals surface area (Å²) in [5, 5.41) is 3.25. The molecule has 0 aromatic heterocycles. The third kappa shape index (κ3) is 4.09. The Balaban J connectivity index is 1.44. The van der Waals surface area contributed by atoms with Crippen molar-refractivity contribution >= 4 is 17.5 Å². The fourth-order valence-corrected chi connectivity index (χ4v) is 5.27. The Bertz CT molecular complexity index is 706. The van der Waals surface area contributed by atoms with Crippen molar-refractivity contribution in [2.24, 2.45) is 0 Å². The maximum atomic E-state index is 12.9. The van der Waals surface area contributed by atoms with Crippen molar-refractivity contribution < 1.29 is 9.59 Å². The van der Waals surface area contributed by atoms with Crippen molar-refractivity contribution in [1.29, 1.82) is 0 Å². The number of hydrogen-bond donors (Lipinski definition) is 1. The van der Waals surface area contributed by atoms with E-state index in [4.69, 9.17) is 0 Å². The van der Waals surface area contributed by atoms with Crippen LogP contribution < -0.4 is 10.2 Å². The Morgan fingerprint density at radius 3 is 2.43 bits per heavy atom. The topological polar surface area (TPSA) is 52.7 Å². The Morgan fingerprint density at radius 1 is 0.964 bits per heavy atom. The summed E-state index contributed by atoms with van der Waals surface area (Å²) in [4.78, 5) is 29.4. The molecule has 0 spiro atoms. The first-order valence-corrected chi connectivity index (χ1v) is 11.1. The molecule has 152 valence electrons. The van der Waals surface area contributed by atoms with Gasteiger partial charge in [0.15, 0.2) is 0 Å². The molecule has 0 radical (unpaired) electrons. The van der Waals surface area contributed by atoms with Gasteiger partial charge in [-0.3, -0.25) is 14.5 Å². The zero-order valence-electron chi connectivity index (χ0n) is 16.9. The number of piperidine rings is 1. The predicted molar refractivity (Wildman–Crippen MR) is 112 cm³/mol. The zero-order chi connectivity index (χ0) is 19.4. The van der Waals surface area contributed by atoms with Crippen molar-refractivity contribution in [2.75, 3.05) is 31.1 Å². The second-order valence-corrected chi connectivity index (χ2v) is 8.71. The first kappa shape index (κ1) is 19.4. The summed E-state index contributed by atoms with van der Waals surface area (Å²) in [5.41, 5.74) is 1.64. The van der Waals surface area contributed by atoms with Crippen LogP contribution in [0.25, 0.3) is 0 Å². The van der Waals surface area contributed by atoms with Crippen LogP contribution in [0.2, 0.25) is 0 Å². The molecule has 5 nitrogen and oxygen atoms in total. The maximum Gasteiger partial charge on any atom is 0.251 e. The van der Waals surface area contributed by atoms with Gasteiger partial charge in [0, 0.05) is 36.3 Å². The fraction of sp³-hybridized carbons (Fsp3) is 0.652. The first-order chi connectivity index (χ1) is 13.7. The summed E-state index contributed by atoms with van der Waals surface area (Å²) in [7, 11) is 0. The van der Waals surface area contributed by atoms with Gasteiger partial charge in [-0.25, -0.2) is 0 Å². The number of carbonyl (C=O) groups excluding carboxylic acids is 2. The summed E-state index contributed by atoms with van der Waals surface area (Å²) in [6.45, 7) is 3.82. The molecular weight excluding hydrogens is 350 g/mol. The minimum Gasteiger partial charge on any atom is -0.350 e. The Hall–Kier alpha value is -1.88. The van der Waals surface area contributed by atoms with Crippen molar-refractivity contribution in [2.45, 2.75) is 69.7 Å². The molecule has 0 bridgehead atoms. The largest absolute Gasteiger partial charge is 0.350 e. The van der Waals surface area contributed by atoms with Gasteiger partial charge in [-0.1, -0.05) is 31.7 Å². The molecule has 4 rings (SSSR count). The van der Waals surface area contributed by atoms with Crippen LogP contribution in [0, 0.1) is 0 Å². The molecule has 3 fully saturated rings. The Labute approximate surface area is 168 Å². The van der Waals surface area contributed by atoms with Gasteiger partial charge >= 0.3 is 0 Å². The highest BCUT2D eigenvalue weighted by Gasteiger charge is 2.38. The molecular formula is C23H33N3O2. The van der Waals surface area contributed by atoms with Crippen LogP contribution in [-0.4, -0.2) is 48.4 Å². The lowest BCUT2D eigenvalue weighted by molar-refractivity contribution is -0.117. The molecule has 28 heavy (non-hydrogen) atoms. The van der Waals surface area contributed by atoms with Gasteiger partial charge in [0.1, 0.15) is 0 Å². The van der Waals surface area contributed by atoms with Crippen LogP contribution in [0.5, 0.6) is 0 Å². The van der Waals surface area contributed by atoms with Crippen LogP contribution in [0.3, 0.4) is 0 Å². The predicted octanol–water partition coefficient (Wildman–Crippen LogP) is 3.73. The van der Waals surface area contributed by atoms with Crippen LogP contribution in [0.1, 0.15) is 74.6 Å². The number of nitrogens with one attached hydrogen (secondary N) is 1. The van der Waals surface area contributed by atoms with Gasteiger partial charge in [-0.15, -0.1) is 0 Å². The third-order valence-electron chi connectivity index (χ3n) is 6.88. The second-order valence-electron chi connectivity index (χ2n) is 8.71. The fourth-order valence-electron chi connectivity index (χ4n) is 5.27. The van der Waals surface area contributed by atoms with Crippen molar-refractivity contribution in [3.63, 3.8) is 0 Å². The van der Waals surface area contributed by atoms with Gasteiger partial charge in [0.25, 0.3) is 5.91 Å². The second kappa shape index (κ2) is 8.64. The van der Waals surface area contributed by atoms with Crippen LogP contribution in [-0.2, 0) is 4.79 Å². The van der Waals surface area contributed by atoms with E-state index in [1.54, 1.807) is 4.90 Å². The molecule has 2 aliphatic heterocycles. The molecule has 0 atom stereocenters. The minimum atomic E-state index is -0.0181. The average molecular weight is 384 g/mol. The van der Waals surface area contributed by atoms with Gasteiger partial charge in [0.05, 0.1) is 0 Å². The van der Waals surface area contributed by atoms with E-state index in [0.29, 0.717) is 12.0 Å². The molecule has 0 unspecified atom stereocenters. The summed E-state index contributed by atoms with van der Waals surface area (Å²) in [6, 6.07) is 7.54. The highest BCUT2D eigenvalue weighted by molar-refractivity contribution is 5.99. The molecule has 2 saturated heterocycles. The number of likely N-dealkylation sites (tertiary alicyclic amines) is 1.